The minimum atomic E-state index is 0.0657. The number of hydrogen-bond acceptors (Lipinski definition) is 3. The van der Waals surface area contributed by atoms with Gasteiger partial charge in [-0.1, -0.05) is 49.1 Å². The van der Waals surface area contributed by atoms with Gasteiger partial charge in [0.1, 0.15) is 5.75 Å². The van der Waals surface area contributed by atoms with E-state index < -0.39 is 0 Å². The van der Waals surface area contributed by atoms with Crippen LogP contribution < -0.4 is 4.74 Å². The molecule has 4 nitrogen and oxygen atoms in total. The summed E-state index contributed by atoms with van der Waals surface area (Å²) in [5.74, 6) is 1.31. The van der Waals surface area contributed by atoms with Crippen LogP contribution in [0.2, 0.25) is 5.02 Å². The van der Waals surface area contributed by atoms with Crippen molar-refractivity contribution < 1.29 is 9.53 Å². The van der Waals surface area contributed by atoms with Gasteiger partial charge >= 0.3 is 0 Å². The molecular formula is C29H39ClN2O2. The Kier molecular flexibility index (Phi) is 8.55. The molecule has 1 aliphatic heterocycles. The second-order valence-corrected chi connectivity index (χ2v) is 10.7. The third kappa shape index (κ3) is 6.14. The molecule has 0 spiro atoms. The van der Waals surface area contributed by atoms with Gasteiger partial charge in [0.15, 0.2) is 0 Å². The van der Waals surface area contributed by atoms with Crippen molar-refractivity contribution in [2.45, 2.75) is 64.3 Å². The number of aryl methyl sites for hydroxylation is 1. The molecule has 1 unspecified atom stereocenters. The molecule has 1 heterocycles. The molecule has 2 fully saturated rings. The number of carbonyl (C=O) groups excluding carboxylic acids is 1. The number of halogens is 1. The Morgan fingerprint density at radius 1 is 1.06 bits per heavy atom. The van der Waals surface area contributed by atoms with E-state index in [9.17, 15) is 4.79 Å². The first-order chi connectivity index (χ1) is 16.4. The average Bonchev–Trinajstić information content (AvgIpc) is 3.18. The van der Waals surface area contributed by atoms with Crippen LogP contribution in [-0.2, 0) is 11.2 Å². The minimum Gasteiger partial charge on any atom is -0.494 e. The molecule has 0 aromatic heterocycles. The lowest BCUT2D eigenvalue weighted by Gasteiger charge is -2.31. The fraction of sp³-hybridized carbons (Fsp3) is 0.552. The maximum atomic E-state index is 13.1. The number of amides is 1. The quantitative estimate of drug-likeness (QED) is 0.389. The van der Waals surface area contributed by atoms with E-state index in [0.29, 0.717) is 11.9 Å². The third-order valence-electron chi connectivity index (χ3n) is 7.41. The van der Waals surface area contributed by atoms with Crippen molar-refractivity contribution in [3.8, 4) is 16.9 Å². The Bertz CT molecular complexity index is 984. The Hall–Kier alpha value is -2.04. The summed E-state index contributed by atoms with van der Waals surface area (Å²) in [5, 5.41) is 0.754. The molecule has 2 aromatic rings. The summed E-state index contributed by atoms with van der Waals surface area (Å²) in [4.78, 5) is 17.4. The molecular weight excluding hydrogens is 444 g/mol. The first kappa shape index (κ1) is 25.1. The molecule has 0 bridgehead atoms. The molecule has 34 heavy (non-hydrogen) atoms. The van der Waals surface area contributed by atoms with Gasteiger partial charge in [-0.2, -0.15) is 0 Å². The van der Waals surface area contributed by atoms with Gasteiger partial charge in [-0.05, 0) is 93.6 Å². The van der Waals surface area contributed by atoms with Crippen LogP contribution in [-0.4, -0.2) is 55.5 Å². The summed E-state index contributed by atoms with van der Waals surface area (Å²) in [6.45, 7) is 4.76. The van der Waals surface area contributed by atoms with E-state index in [1.807, 2.05) is 6.07 Å². The lowest BCUT2D eigenvalue weighted by molar-refractivity contribution is -0.133. The van der Waals surface area contributed by atoms with Crippen LogP contribution in [0, 0.1) is 12.8 Å². The summed E-state index contributed by atoms with van der Waals surface area (Å²) in [6, 6.07) is 13.0. The van der Waals surface area contributed by atoms with E-state index in [0.717, 1.165) is 66.4 Å². The molecule has 1 atom stereocenters. The monoisotopic (exact) mass is 482 g/mol. The Labute approximate surface area is 210 Å². The SMILES string of the molecule is Cc1cc(OCCCN(C)C)ccc1-c1ccc(CC2CCN(C3CCCCC3)C2=O)c(Cl)c1. The molecule has 0 radical (unpaired) electrons. The molecule has 2 aliphatic rings. The molecule has 184 valence electrons. The molecule has 4 rings (SSSR count). The third-order valence-corrected chi connectivity index (χ3v) is 7.76. The normalized spacial score (nSPS) is 19.3. The average molecular weight is 483 g/mol. The number of benzene rings is 2. The fourth-order valence-electron chi connectivity index (χ4n) is 5.47. The van der Waals surface area contributed by atoms with Gasteiger partial charge in [0, 0.05) is 30.1 Å². The molecule has 1 saturated carbocycles. The molecule has 1 saturated heterocycles. The van der Waals surface area contributed by atoms with E-state index in [4.69, 9.17) is 16.3 Å². The van der Waals surface area contributed by atoms with Crippen molar-refractivity contribution in [1.82, 2.24) is 9.80 Å². The highest BCUT2D eigenvalue weighted by Gasteiger charge is 2.36. The predicted octanol–water partition coefficient (Wildman–Crippen LogP) is 6.37. The van der Waals surface area contributed by atoms with Crippen LogP contribution in [0.15, 0.2) is 36.4 Å². The summed E-state index contributed by atoms with van der Waals surface area (Å²) in [6.07, 6.45) is 8.87. The highest BCUT2D eigenvalue weighted by molar-refractivity contribution is 6.31. The molecule has 5 heteroatoms. The maximum Gasteiger partial charge on any atom is 0.226 e. The van der Waals surface area contributed by atoms with Crippen molar-refractivity contribution >= 4 is 17.5 Å². The van der Waals surface area contributed by atoms with E-state index in [1.54, 1.807) is 0 Å². The number of hydrogen-bond donors (Lipinski definition) is 0. The summed E-state index contributed by atoms with van der Waals surface area (Å²) < 4.78 is 5.92. The van der Waals surface area contributed by atoms with Crippen molar-refractivity contribution in [3.05, 3.63) is 52.5 Å². The van der Waals surface area contributed by atoms with Crippen molar-refractivity contribution in [3.63, 3.8) is 0 Å². The van der Waals surface area contributed by atoms with E-state index in [2.05, 4.69) is 61.2 Å². The Morgan fingerprint density at radius 3 is 2.56 bits per heavy atom. The summed E-state index contributed by atoms with van der Waals surface area (Å²) in [5.41, 5.74) is 4.51. The lowest BCUT2D eigenvalue weighted by Crippen LogP contribution is -2.39. The Morgan fingerprint density at radius 2 is 1.85 bits per heavy atom. The minimum absolute atomic E-state index is 0.0657. The number of likely N-dealkylation sites (tertiary alicyclic amines) is 1. The molecule has 2 aromatic carbocycles. The zero-order valence-electron chi connectivity index (χ0n) is 21.0. The van der Waals surface area contributed by atoms with E-state index in [-0.39, 0.29) is 5.92 Å². The lowest BCUT2D eigenvalue weighted by atomic mass is 9.93. The van der Waals surface area contributed by atoms with Gasteiger partial charge in [-0.15, -0.1) is 0 Å². The Balaban J connectivity index is 1.38. The van der Waals surface area contributed by atoms with Crippen LogP contribution in [0.1, 0.15) is 56.1 Å². The number of ether oxygens (including phenoxy) is 1. The zero-order chi connectivity index (χ0) is 24.1. The topological polar surface area (TPSA) is 32.8 Å². The standard InChI is InChI=1S/C29H39ClN2O2/c1-21-18-26(34-17-7-15-31(2)3)12-13-27(21)22-10-11-23(28(30)20-22)19-24-14-16-32(29(24)33)25-8-5-4-6-9-25/h10-13,18,20,24-25H,4-9,14-17,19H2,1-3H3. The van der Waals surface area contributed by atoms with Crippen molar-refractivity contribution in [1.29, 1.82) is 0 Å². The first-order valence-electron chi connectivity index (χ1n) is 12.9. The van der Waals surface area contributed by atoms with E-state index >= 15 is 0 Å². The second-order valence-electron chi connectivity index (χ2n) is 10.3. The fourth-order valence-corrected chi connectivity index (χ4v) is 5.73. The summed E-state index contributed by atoms with van der Waals surface area (Å²) in [7, 11) is 4.15. The number of nitrogens with zero attached hydrogens (tertiary/aromatic N) is 2. The van der Waals surface area contributed by atoms with Gasteiger partial charge < -0.3 is 14.5 Å². The summed E-state index contributed by atoms with van der Waals surface area (Å²) >= 11 is 6.73. The second kappa shape index (κ2) is 11.6. The highest BCUT2D eigenvalue weighted by atomic mass is 35.5. The number of carbonyl (C=O) groups is 1. The molecule has 1 aliphatic carbocycles. The molecule has 0 N–H and O–H groups in total. The van der Waals surface area contributed by atoms with Crippen LogP contribution in [0.5, 0.6) is 5.75 Å². The maximum absolute atomic E-state index is 13.1. The number of rotatable bonds is 9. The van der Waals surface area contributed by atoms with Crippen LogP contribution in [0.3, 0.4) is 0 Å². The van der Waals surface area contributed by atoms with E-state index in [1.165, 1.54) is 37.7 Å². The van der Waals surface area contributed by atoms with Gasteiger partial charge in [-0.25, -0.2) is 0 Å². The highest BCUT2D eigenvalue weighted by Crippen LogP contribution is 2.34. The van der Waals surface area contributed by atoms with Gasteiger partial charge in [0.2, 0.25) is 5.91 Å². The van der Waals surface area contributed by atoms with Gasteiger partial charge in [0.25, 0.3) is 0 Å². The smallest absolute Gasteiger partial charge is 0.226 e. The van der Waals surface area contributed by atoms with Crippen LogP contribution in [0.25, 0.3) is 11.1 Å². The largest absolute Gasteiger partial charge is 0.494 e. The first-order valence-corrected chi connectivity index (χ1v) is 13.3. The van der Waals surface area contributed by atoms with Crippen LogP contribution >= 0.6 is 11.6 Å². The van der Waals surface area contributed by atoms with Crippen molar-refractivity contribution in [2.75, 3.05) is 33.8 Å². The van der Waals surface area contributed by atoms with Crippen molar-refractivity contribution in [2.24, 2.45) is 5.92 Å². The van der Waals surface area contributed by atoms with Crippen LogP contribution in [0.4, 0.5) is 0 Å². The van der Waals surface area contributed by atoms with Gasteiger partial charge in [-0.3, -0.25) is 4.79 Å². The zero-order valence-corrected chi connectivity index (χ0v) is 21.7. The predicted molar refractivity (Wildman–Crippen MR) is 141 cm³/mol. The molecule has 1 amide bonds. The van der Waals surface area contributed by atoms with Gasteiger partial charge in [0.05, 0.1) is 6.61 Å².